The van der Waals surface area contributed by atoms with E-state index in [2.05, 4.69) is 0 Å². The van der Waals surface area contributed by atoms with Crippen LogP contribution in [0.1, 0.15) is 32.1 Å². The van der Waals surface area contributed by atoms with Crippen LogP contribution in [0.25, 0.3) is 0 Å². The first-order valence-electron chi connectivity index (χ1n) is 3.85. The van der Waals surface area contributed by atoms with Crippen molar-refractivity contribution in [1.29, 1.82) is 10.5 Å². The molecule has 0 unspecified atom stereocenters. The lowest BCUT2D eigenvalue weighted by molar-refractivity contribution is 0.441. The lowest BCUT2D eigenvalue weighted by atomic mass is 9.97. The third kappa shape index (κ3) is 6.83. The molecule has 0 aliphatic heterocycles. The minimum Gasteiger partial charge on any atom is -0.328 e. The lowest BCUT2D eigenvalue weighted by Gasteiger charge is -2.15. The molecule has 0 radical (unpaired) electrons. The average molecular weight is 151 g/mol. The number of nitrogens with zero attached hydrogens (tertiary/aromatic N) is 2. The van der Waals surface area contributed by atoms with Crippen LogP contribution in [0.2, 0.25) is 0 Å². The van der Waals surface area contributed by atoms with Crippen molar-refractivity contribution in [2.45, 2.75) is 38.1 Å². The molecule has 1 saturated carbocycles. The lowest BCUT2D eigenvalue weighted by Crippen LogP contribution is -2.22. The second-order valence-electron chi connectivity index (χ2n) is 2.62. The van der Waals surface area contributed by atoms with Gasteiger partial charge in [-0.15, -0.1) is 0 Å². The molecule has 11 heavy (non-hydrogen) atoms. The van der Waals surface area contributed by atoms with Gasteiger partial charge in [0.05, 0.1) is 0 Å². The number of hydrogen-bond acceptors (Lipinski definition) is 3. The van der Waals surface area contributed by atoms with E-state index in [-0.39, 0.29) is 0 Å². The first kappa shape index (κ1) is 9.94. The Kier molecular flexibility index (Phi) is 6.37. The predicted octanol–water partition coefficient (Wildman–Crippen LogP) is 1.31. The maximum Gasteiger partial charge on any atom is 0.181 e. The van der Waals surface area contributed by atoms with Crippen LogP contribution < -0.4 is 5.73 Å². The van der Waals surface area contributed by atoms with Gasteiger partial charge in [0.25, 0.3) is 0 Å². The van der Waals surface area contributed by atoms with Crippen LogP contribution in [0.15, 0.2) is 0 Å². The summed E-state index contributed by atoms with van der Waals surface area (Å²) in [6.45, 7) is 0. The minimum absolute atomic E-state index is 0.536. The van der Waals surface area contributed by atoms with Crippen LogP contribution in [0.4, 0.5) is 0 Å². The molecular weight excluding hydrogens is 138 g/mol. The van der Waals surface area contributed by atoms with Crippen LogP contribution in [0, 0.1) is 22.7 Å². The molecular formula is C8H13N3. The van der Waals surface area contributed by atoms with Gasteiger partial charge in [0, 0.05) is 6.04 Å². The number of nitriles is 2. The fourth-order valence-electron chi connectivity index (χ4n) is 1.13. The van der Waals surface area contributed by atoms with Gasteiger partial charge in [-0.1, -0.05) is 19.3 Å². The van der Waals surface area contributed by atoms with E-state index in [1.807, 2.05) is 0 Å². The second-order valence-corrected chi connectivity index (χ2v) is 2.62. The highest BCUT2D eigenvalue weighted by Crippen LogP contribution is 2.14. The molecule has 0 saturated heterocycles. The molecule has 0 aromatic rings. The largest absolute Gasteiger partial charge is 0.328 e. The topological polar surface area (TPSA) is 73.6 Å². The quantitative estimate of drug-likeness (QED) is 0.567. The summed E-state index contributed by atoms with van der Waals surface area (Å²) in [6, 6.07) is 3.01. The van der Waals surface area contributed by atoms with Gasteiger partial charge in [0.2, 0.25) is 0 Å². The maximum atomic E-state index is 7.26. The Morgan fingerprint density at radius 2 is 1.45 bits per heavy atom. The van der Waals surface area contributed by atoms with Crippen molar-refractivity contribution in [3.05, 3.63) is 0 Å². The zero-order valence-electron chi connectivity index (χ0n) is 6.58. The monoisotopic (exact) mass is 151 g/mol. The highest BCUT2D eigenvalue weighted by atomic mass is 14.6. The predicted molar refractivity (Wildman–Crippen MR) is 42.3 cm³/mol. The zero-order valence-corrected chi connectivity index (χ0v) is 6.58. The molecule has 0 heterocycles. The summed E-state index contributed by atoms with van der Waals surface area (Å²) in [6.07, 6.45) is 6.66. The van der Waals surface area contributed by atoms with Crippen molar-refractivity contribution in [3.63, 3.8) is 0 Å². The summed E-state index contributed by atoms with van der Waals surface area (Å²) in [7, 11) is 0. The zero-order chi connectivity index (χ0) is 8.53. The van der Waals surface area contributed by atoms with E-state index in [1.165, 1.54) is 44.2 Å². The highest BCUT2D eigenvalue weighted by Gasteiger charge is 2.06. The standard InChI is InChI=1S/C6H13N.C2N2/c7-6-4-2-1-3-5-6;3-1-2-4/h6H,1-5,7H2;. The molecule has 2 N–H and O–H groups in total. The molecule has 1 aliphatic rings. The van der Waals surface area contributed by atoms with E-state index in [4.69, 9.17) is 16.3 Å². The maximum absolute atomic E-state index is 7.26. The van der Waals surface area contributed by atoms with Gasteiger partial charge in [0.1, 0.15) is 0 Å². The summed E-state index contributed by atoms with van der Waals surface area (Å²) in [5.74, 6) is 0. The van der Waals surface area contributed by atoms with Crippen molar-refractivity contribution in [2.24, 2.45) is 5.73 Å². The summed E-state index contributed by atoms with van der Waals surface area (Å²) >= 11 is 0. The summed E-state index contributed by atoms with van der Waals surface area (Å²) in [5, 5.41) is 14.5. The van der Waals surface area contributed by atoms with Gasteiger partial charge in [-0.3, -0.25) is 0 Å². The summed E-state index contributed by atoms with van der Waals surface area (Å²) < 4.78 is 0. The fourth-order valence-corrected chi connectivity index (χ4v) is 1.13. The van der Waals surface area contributed by atoms with Gasteiger partial charge in [0.15, 0.2) is 12.1 Å². The molecule has 3 heteroatoms. The molecule has 1 rings (SSSR count). The van der Waals surface area contributed by atoms with Crippen molar-refractivity contribution in [2.75, 3.05) is 0 Å². The SMILES string of the molecule is N#CC#N.NC1CCCCC1. The minimum atomic E-state index is 0.536. The van der Waals surface area contributed by atoms with Crippen molar-refractivity contribution in [3.8, 4) is 12.1 Å². The summed E-state index contributed by atoms with van der Waals surface area (Å²) in [5.41, 5.74) is 5.63. The summed E-state index contributed by atoms with van der Waals surface area (Å²) in [4.78, 5) is 0. The number of nitrogens with two attached hydrogens (primary N) is 1. The molecule has 0 spiro atoms. The molecule has 0 aromatic heterocycles. The van der Waals surface area contributed by atoms with E-state index in [0.29, 0.717) is 6.04 Å². The molecule has 0 atom stereocenters. The molecule has 3 nitrogen and oxygen atoms in total. The van der Waals surface area contributed by atoms with Crippen LogP contribution >= 0.6 is 0 Å². The Morgan fingerprint density at radius 3 is 1.64 bits per heavy atom. The normalized spacial score (nSPS) is 17.0. The molecule has 1 aliphatic carbocycles. The van der Waals surface area contributed by atoms with Gasteiger partial charge < -0.3 is 5.73 Å². The van der Waals surface area contributed by atoms with Crippen molar-refractivity contribution in [1.82, 2.24) is 0 Å². The first-order valence-corrected chi connectivity index (χ1v) is 3.85. The van der Waals surface area contributed by atoms with Gasteiger partial charge in [-0.25, -0.2) is 0 Å². The van der Waals surface area contributed by atoms with Gasteiger partial charge in [-0.2, -0.15) is 10.5 Å². The van der Waals surface area contributed by atoms with Gasteiger partial charge >= 0.3 is 0 Å². The Hall–Kier alpha value is -1.06. The second kappa shape index (κ2) is 7.05. The third-order valence-corrected chi connectivity index (χ3v) is 1.70. The van der Waals surface area contributed by atoms with Crippen LogP contribution in [0.5, 0.6) is 0 Å². The van der Waals surface area contributed by atoms with Crippen LogP contribution in [-0.2, 0) is 0 Å². The highest BCUT2D eigenvalue weighted by molar-refractivity contribution is 4.99. The van der Waals surface area contributed by atoms with Gasteiger partial charge in [-0.05, 0) is 12.8 Å². The fraction of sp³-hybridized carbons (Fsp3) is 0.750. The van der Waals surface area contributed by atoms with E-state index in [0.717, 1.165) is 0 Å². The number of hydrogen-bond donors (Lipinski definition) is 1. The third-order valence-electron chi connectivity index (χ3n) is 1.70. The van der Waals surface area contributed by atoms with Crippen LogP contribution in [0.3, 0.4) is 0 Å². The van der Waals surface area contributed by atoms with E-state index < -0.39 is 0 Å². The van der Waals surface area contributed by atoms with Crippen LogP contribution in [-0.4, -0.2) is 6.04 Å². The van der Waals surface area contributed by atoms with Crippen molar-refractivity contribution < 1.29 is 0 Å². The Bertz CT molecular complexity index is 145. The Balaban J connectivity index is 0.000000218. The first-order chi connectivity index (χ1) is 5.31. The smallest absolute Gasteiger partial charge is 0.181 e. The van der Waals surface area contributed by atoms with E-state index in [1.54, 1.807) is 0 Å². The molecule has 0 bridgehead atoms. The van der Waals surface area contributed by atoms with E-state index in [9.17, 15) is 0 Å². The molecule has 0 amide bonds. The Labute approximate surface area is 67.4 Å². The average Bonchev–Trinajstić information content (AvgIpc) is 2.07. The number of rotatable bonds is 0. The molecule has 0 aromatic carbocycles. The molecule has 1 fully saturated rings. The van der Waals surface area contributed by atoms with Crippen molar-refractivity contribution >= 4 is 0 Å². The Morgan fingerprint density at radius 1 is 1.00 bits per heavy atom. The van der Waals surface area contributed by atoms with E-state index >= 15 is 0 Å². The molecule has 60 valence electrons.